The molecule has 0 radical (unpaired) electrons. The van der Waals surface area contributed by atoms with Gasteiger partial charge in [-0.05, 0) is 25.1 Å². The van der Waals surface area contributed by atoms with E-state index in [0.717, 1.165) is 4.90 Å². The van der Waals surface area contributed by atoms with Gasteiger partial charge in [0.25, 0.3) is 11.8 Å². The number of fused-ring (bicyclic) bond motifs is 1. The van der Waals surface area contributed by atoms with Crippen molar-refractivity contribution in [3.05, 3.63) is 69.0 Å². The SMILES string of the molecule is C[C@@H](C(=O)NCc1ccccc1F)N1C(=O)c2cc(Cl)c(Cl)cc2C1=O. The van der Waals surface area contributed by atoms with Gasteiger partial charge >= 0.3 is 0 Å². The number of nitrogens with one attached hydrogen (secondary N) is 1. The number of amides is 3. The van der Waals surface area contributed by atoms with Crippen molar-refractivity contribution in [3.8, 4) is 0 Å². The average Bonchev–Trinajstić information content (AvgIpc) is 2.84. The smallest absolute Gasteiger partial charge is 0.262 e. The zero-order valence-electron chi connectivity index (χ0n) is 13.6. The highest BCUT2D eigenvalue weighted by Gasteiger charge is 2.41. The zero-order valence-corrected chi connectivity index (χ0v) is 15.1. The summed E-state index contributed by atoms with van der Waals surface area (Å²) in [6, 6.07) is 7.54. The van der Waals surface area contributed by atoms with Gasteiger partial charge in [0, 0.05) is 12.1 Å². The first kappa shape index (κ1) is 18.4. The topological polar surface area (TPSA) is 66.5 Å². The van der Waals surface area contributed by atoms with E-state index in [1.165, 1.54) is 31.2 Å². The van der Waals surface area contributed by atoms with E-state index in [9.17, 15) is 18.8 Å². The van der Waals surface area contributed by atoms with Gasteiger partial charge in [-0.25, -0.2) is 4.39 Å². The molecule has 0 unspecified atom stereocenters. The summed E-state index contributed by atoms with van der Waals surface area (Å²) in [6.45, 7) is 1.36. The maximum atomic E-state index is 13.6. The third kappa shape index (κ3) is 3.18. The van der Waals surface area contributed by atoms with Crippen molar-refractivity contribution in [1.82, 2.24) is 10.2 Å². The van der Waals surface area contributed by atoms with Crippen LogP contribution in [0.1, 0.15) is 33.2 Å². The molecular formula is C18H13Cl2FN2O3. The summed E-state index contributed by atoms with van der Waals surface area (Å²) in [4.78, 5) is 38.2. The second-order valence-electron chi connectivity index (χ2n) is 5.78. The van der Waals surface area contributed by atoms with E-state index >= 15 is 0 Å². The Balaban J connectivity index is 1.76. The monoisotopic (exact) mass is 394 g/mol. The van der Waals surface area contributed by atoms with Gasteiger partial charge < -0.3 is 5.32 Å². The lowest BCUT2D eigenvalue weighted by atomic mass is 10.1. The number of hydrogen-bond acceptors (Lipinski definition) is 3. The fraction of sp³-hybridized carbons (Fsp3) is 0.167. The quantitative estimate of drug-likeness (QED) is 0.807. The van der Waals surface area contributed by atoms with Crippen LogP contribution in [0, 0.1) is 5.82 Å². The van der Waals surface area contributed by atoms with Crippen molar-refractivity contribution in [1.29, 1.82) is 0 Å². The second kappa shape index (κ2) is 7.05. The summed E-state index contributed by atoms with van der Waals surface area (Å²) in [5.41, 5.74) is 0.491. The minimum Gasteiger partial charge on any atom is -0.350 e. The van der Waals surface area contributed by atoms with E-state index in [1.54, 1.807) is 12.1 Å². The molecule has 0 aromatic heterocycles. The molecule has 1 N–H and O–H groups in total. The summed E-state index contributed by atoms with van der Waals surface area (Å²) in [6.07, 6.45) is 0. The van der Waals surface area contributed by atoms with Gasteiger partial charge in [-0.3, -0.25) is 19.3 Å². The zero-order chi connectivity index (χ0) is 19.0. The van der Waals surface area contributed by atoms with E-state index < -0.39 is 29.6 Å². The van der Waals surface area contributed by atoms with Crippen molar-refractivity contribution in [2.75, 3.05) is 0 Å². The molecule has 26 heavy (non-hydrogen) atoms. The number of halogens is 3. The molecule has 0 fully saturated rings. The Bertz CT molecular complexity index is 892. The summed E-state index contributed by atoms with van der Waals surface area (Å²) in [7, 11) is 0. The molecule has 134 valence electrons. The van der Waals surface area contributed by atoms with Gasteiger partial charge in [0.1, 0.15) is 11.9 Å². The first-order chi connectivity index (χ1) is 12.3. The first-order valence-electron chi connectivity index (χ1n) is 7.69. The normalized spacial score (nSPS) is 14.4. The lowest BCUT2D eigenvalue weighted by Gasteiger charge is -2.21. The largest absolute Gasteiger partial charge is 0.350 e. The van der Waals surface area contributed by atoms with E-state index in [1.807, 2.05) is 0 Å². The molecule has 2 aromatic rings. The highest BCUT2D eigenvalue weighted by molar-refractivity contribution is 6.43. The summed E-state index contributed by atoms with van der Waals surface area (Å²) in [5.74, 6) is -2.29. The first-order valence-corrected chi connectivity index (χ1v) is 8.45. The van der Waals surface area contributed by atoms with Crippen LogP contribution >= 0.6 is 23.2 Å². The summed E-state index contributed by atoms with van der Waals surface area (Å²) >= 11 is 11.8. The highest BCUT2D eigenvalue weighted by Crippen LogP contribution is 2.32. The molecule has 0 saturated carbocycles. The van der Waals surface area contributed by atoms with Crippen LogP contribution in [0.25, 0.3) is 0 Å². The molecule has 0 aliphatic carbocycles. The number of hydrogen-bond donors (Lipinski definition) is 1. The number of benzene rings is 2. The number of nitrogens with zero attached hydrogens (tertiary/aromatic N) is 1. The number of carbonyl (C=O) groups is 3. The van der Waals surface area contributed by atoms with Gasteiger partial charge in [-0.15, -0.1) is 0 Å². The van der Waals surface area contributed by atoms with Crippen LogP contribution in [0.5, 0.6) is 0 Å². The van der Waals surface area contributed by atoms with Gasteiger partial charge in [0.15, 0.2) is 0 Å². The number of imide groups is 1. The Morgan fingerprint density at radius 2 is 1.65 bits per heavy atom. The molecule has 2 aromatic carbocycles. The molecule has 0 spiro atoms. The predicted octanol–water partition coefficient (Wildman–Crippen LogP) is 3.43. The Hall–Kier alpha value is -2.44. The molecule has 8 heteroatoms. The van der Waals surface area contributed by atoms with E-state index in [0.29, 0.717) is 5.56 Å². The van der Waals surface area contributed by atoms with E-state index in [-0.39, 0.29) is 27.7 Å². The molecule has 3 amide bonds. The van der Waals surface area contributed by atoms with Crippen LogP contribution in [0.15, 0.2) is 36.4 Å². The van der Waals surface area contributed by atoms with Crippen molar-refractivity contribution >= 4 is 40.9 Å². The Kier molecular flexibility index (Phi) is 4.98. The molecule has 1 atom stereocenters. The fourth-order valence-electron chi connectivity index (χ4n) is 2.69. The van der Waals surface area contributed by atoms with Crippen LogP contribution in [0.4, 0.5) is 4.39 Å². The van der Waals surface area contributed by atoms with Gasteiger partial charge in [-0.2, -0.15) is 0 Å². The van der Waals surface area contributed by atoms with E-state index in [2.05, 4.69) is 5.32 Å². The third-order valence-electron chi connectivity index (χ3n) is 4.14. The molecular weight excluding hydrogens is 382 g/mol. The molecule has 1 heterocycles. The van der Waals surface area contributed by atoms with Crippen molar-refractivity contribution < 1.29 is 18.8 Å². The minimum absolute atomic E-state index is 0.0589. The number of carbonyl (C=O) groups excluding carboxylic acids is 3. The fourth-order valence-corrected chi connectivity index (χ4v) is 3.02. The van der Waals surface area contributed by atoms with Gasteiger partial charge in [0.2, 0.25) is 5.91 Å². The molecule has 1 aliphatic heterocycles. The lowest BCUT2D eigenvalue weighted by molar-refractivity contribution is -0.124. The molecule has 1 aliphatic rings. The molecule has 0 saturated heterocycles. The average molecular weight is 395 g/mol. The molecule has 5 nitrogen and oxygen atoms in total. The van der Waals surface area contributed by atoms with E-state index in [4.69, 9.17) is 23.2 Å². The van der Waals surface area contributed by atoms with Crippen molar-refractivity contribution in [2.24, 2.45) is 0 Å². The summed E-state index contributed by atoms with van der Waals surface area (Å²) in [5, 5.41) is 2.82. The maximum absolute atomic E-state index is 13.6. The van der Waals surface area contributed by atoms with Crippen LogP contribution in [0.2, 0.25) is 10.0 Å². The molecule has 3 rings (SSSR count). The Morgan fingerprint density at radius 1 is 1.12 bits per heavy atom. The second-order valence-corrected chi connectivity index (χ2v) is 6.59. The Morgan fingerprint density at radius 3 is 2.19 bits per heavy atom. The minimum atomic E-state index is -1.08. The van der Waals surface area contributed by atoms with Crippen LogP contribution < -0.4 is 5.32 Å². The van der Waals surface area contributed by atoms with Crippen LogP contribution in [-0.2, 0) is 11.3 Å². The standard InChI is InChI=1S/C18H13Cl2FN2O3/c1-9(16(24)22-8-10-4-2-3-5-15(10)21)23-17(25)11-6-13(19)14(20)7-12(11)18(23)26/h2-7,9H,8H2,1H3,(H,22,24)/t9-/m0/s1. The van der Waals surface area contributed by atoms with Crippen molar-refractivity contribution in [3.63, 3.8) is 0 Å². The summed E-state index contributed by atoms with van der Waals surface area (Å²) < 4.78 is 13.6. The maximum Gasteiger partial charge on any atom is 0.262 e. The predicted molar refractivity (Wildman–Crippen MR) is 94.7 cm³/mol. The number of rotatable bonds is 4. The highest BCUT2D eigenvalue weighted by atomic mass is 35.5. The van der Waals surface area contributed by atoms with Crippen molar-refractivity contribution in [2.45, 2.75) is 19.5 Å². The van der Waals surface area contributed by atoms with Gasteiger partial charge in [-0.1, -0.05) is 41.4 Å². The van der Waals surface area contributed by atoms with Crippen LogP contribution in [0.3, 0.4) is 0 Å². The van der Waals surface area contributed by atoms with Gasteiger partial charge in [0.05, 0.1) is 21.2 Å². The van der Waals surface area contributed by atoms with Crippen LogP contribution in [-0.4, -0.2) is 28.7 Å². The molecule has 0 bridgehead atoms. The lowest BCUT2D eigenvalue weighted by Crippen LogP contribution is -2.47. The Labute approximate surface area is 158 Å². The third-order valence-corrected chi connectivity index (χ3v) is 4.86.